The number of nitrogens with two attached hydrogens (primary N) is 1. The third-order valence-electron chi connectivity index (χ3n) is 4.39. The molecule has 2 rings (SSSR count). The average Bonchev–Trinajstić information content (AvgIpc) is 2.86. The van der Waals surface area contributed by atoms with Crippen LogP contribution in [0.2, 0.25) is 0 Å². The summed E-state index contributed by atoms with van der Waals surface area (Å²) in [5.41, 5.74) is 6.79. The second-order valence-corrected chi connectivity index (χ2v) is 6.71. The van der Waals surface area contributed by atoms with Gasteiger partial charge in [-0.25, -0.2) is 4.98 Å². The van der Waals surface area contributed by atoms with Gasteiger partial charge in [-0.3, -0.25) is 4.90 Å². The summed E-state index contributed by atoms with van der Waals surface area (Å²) in [5.74, 6) is 0.972. The summed E-state index contributed by atoms with van der Waals surface area (Å²) < 4.78 is 0. The molecule has 1 heterocycles. The molecule has 0 bridgehead atoms. The molecule has 1 aliphatic rings. The topological polar surface area (TPSA) is 42.1 Å². The van der Waals surface area contributed by atoms with Gasteiger partial charge in [-0.15, -0.1) is 11.3 Å². The van der Waals surface area contributed by atoms with E-state index in [0.717, 1.165) is 24.9 Å². The summed E-state index contributed by atoms with van der Waals surface area (Å²) in [6.07, 6.45) is 7.78. The normalized spacial score (nSPS) is 24.0. The Morgan fingerprint density at radius 1 is 1.37 bits per heavy atom. The zero-order valence-electron chi connectivity index (χ0n) is 12.3. The second kappa shape index (κ2) is 7.36. The van der Waals surface area contributed by atoms with Crippen molar-refractivity contribution >= 4 is 11.3 Å². The van der Waals surface area contributed by atoms with Gasteiger partial charge in [-0.05, 0) is 45.2 Å². The fourth-order valence-corrected chi connectivity index (χ4v) is 3.84. The minimum Gasteiger partial charge on any atom is -0.330 e. The first kappa shape index (κ1) is 14.9. The Hall–Kier alpha value is -0.450. The van der Waals surface area contributed by atoms with Crippen molar-refractivity contribution in [1.82, 2.24) is 9.88 Å². The first-order valence-corrected chi connectivity index (χ1v) is 8.44. The molecule has 19 heavy (non-hydrogen) atoms. The molecular weight excluding hydrogens is 254 g/mol. The fraction of sp³-hybridized carbons (Fsp3) is 0.800. The van der Waals surface area contributed by atoms with Crippen LogP contribution in [-0.2, 0) is 13.0 Å². The lowest BCUT2D eigenvalue weighted by molar-refractivity contribution is 0.156. The lowest BCUT2D eigenvalue weighted by atomic mass is 9.84. The van der Waals surface area contributed by atoms with E-state index in [0.29, 0.717) is 6.54 Å². The largest absolute Gasteiger partial charge is 0.330 e. The van der Waals surface area contributed by atoms with Crippen LogP contribution in [0.15, 0.2) is 5.38 Å². The maximum absolute atomic E-state index is 5.57. The smallest absolute Gasteiger partial charge is 0.0941 e. The first-order chi connectivity index (χ1) is 9.22. The van der Waals surface area contributed by atoms with Gasteiger partial charge >= 0.3 is 0 Å². The van der Waals surface area contributed by atoms with Crippen molar-refractivity contribution in [3.05, 3.63) is 16.1 Å². The van der Waals surface area contributed by atoms with Crippen molar-refractivity contribution in [3.63, 3.8) is 0 Å². The van der Waals surface area contributed by atoms with Crippen LogP contribution in [0.3, 0.4) is 0 Å². The lowest BCUT2D eigenvalue weighted by Gasteiger charge is -2.34. The Bertz CT molecular complexity index is 369. The van der Waals surface area contributed by atoms with Crippen LogP contribution in [0.5, 0.6) is 0 Å². The number of nitrogens with zero attached hydrogens (tertiary/aromatic N) is 2. The standard InChI is InChI=1S/C15H27N3S/c1-3-12-4-6-14(7-5-12)18(2)10-13-11-19-15(17-13)8-9-16/h11-12,14H,3-10,16H2,1-2H3. The van der Waals surface area contributed by atoms with Gasteiger partial charge in [-0.1, -0.05) is 13.3 Å². The van der Waals surface area contributed by atoms with E-state index in [1.807, 2.05) is 0 Å². The van der Waals surface area contributed by atoms with Crippen molar-refractivity contribution in [2.24, 2.45) is 11.7 Å². The van der Waals surface area contributed by atoms with Crippen molar-refractivity contribution in [3.8, 4) is 0 Å². The first-order valence-electron chi connectivity index (χ1n) is 7.56. The van der Waals surface area contributed by atoms with Crippen LogP contribution in [0.4, 0.5) is 0 Å². The van der Waals surface area contributed by atoms with Crippen molar-refractivity contribution in [2.45, 2.75) is 58.0 Å². The summed E-state index contributed by atoms with van der Waals surface area (Å²) in [7, 11) is 2.25. The molecule has 4 heteroatoms. The average molecular weight is 281 g/mol. The number of hydrogen-bond acceptors (Lipinski definition) is 4. The maximum atomic E-state index is 5.57. The number of hydrogen-bond donors (Lipinski definition) is 1. The molecule has 0 amide bonds. The summed E-state index contributed by atoms with van der Waals surface area (Å²) in [6.45, 7) is 4.01. The molecule has 0 saturated heterocycles. The van der Waals surface area contributed by atoms with E-state index in [1.165, 1.54) is 42.8 Å². The van der Waals surface area contributed by atoms with Crippen LogP contribution in [0, 0.1) is 5.92 Å². The third kappa shape index (κ3) is 4.26. The zero-order valence-corrected chi connectivity index (χ0v) is 13.1. The van der Waals surface area contributed by atoms with E-state index < -0.39 is 0 Å². The van der Waals surface area contributed by atoms with Crippen LogP contribution < -0.4 is 5.73 Å². The van der Waals surface area contributed by atoms with Crippen LogP contribution in [0.1, 0.15) is 49.7 Å². The SMILES string of the molecule is CCC1CCC(N(C)Cc2csc(CCN)n2)CC1. The molecule has 2 N–H and O–H groups in total. The van der Waals surface area contributed by atoms with Gasteiger partial charge < -0.3 is 5.73 Å². The predicted octanol–water partition coefficient (Wildman–Crippen LogP) is 3.04. The molecule has 108 valence electrons. The molecule has 0 unspecified atom stereocenters. The number of rotatable bonds is 6. The molecule has 1 aromatic rings. The highest BCUT2D eigenvalue weighted by atomic mass is 32.1. The van der Waals surface area contributed by atoms with E-state index in [9.17, 15) is 0 Å². The van der Waals surface area contributed by atoms with Gasteiger partial charge in [0.1, 0.15) is 0 Å². The predicted molar refractivity (Wildman–Crippen MR) is 82.4 cm³/mol. The molecule has 0 radical (unpaired) electrons. The number of thiazole rings is 1. The van der Waals surface area contributed by atoms with E-state index in [-0.39, 0.29) is 0 Å². The Labute approximate surface area is 121 Å². The van der Waals surface area contributed by atoms with Gasteiger partial charge in [0.25, 0.3) is 0 Å². The summed E-state index contributed by atoms with van der Waals surface area (Å²) >= 11 is 1.75. The molecule has 1 aliphatic carbocycles. The van der Waals surface area contributed by atoms with E-state index in [1.54, 1.807) is 11.3 Å². The van der Waals surface area contributed by atoms with Crippen molar-refractivity contribution < 1.29 is 0 Å². The van der Waals surface area contributed by atoms with E-state index in [4.69, 9.17) is 5.73 Å². The Kier molecular flexibility index (Phi) is 5.79. The molecule has 3 nitrogen and oxygen atoms in total. The second-order valence-electron chi connectivity index (χ2n) is 5.77. The maximum Gasteiger partial charge on any atom is 0.0941 e. The van der Waals surface area contributed by atoms with Gasteiger partial charge in [-0.2, -0.15) is 0 Å². The number of aromatic nitrogens is 1. The van der Waals surface area contributed by atoms with E-state index in [2.05, 4.69) is 29.2 Å². The molecule has 0 aromatic carbocycles. The molecule has 1 aromatic heterocycles. The van der Waals surface area contributed by atoms with Gasteiger partial charge in [0.05, 0.1) is 10.7 Å². The van der Waals surface area contributed by atoms with Crippen molar-refractivity contribution in [2.75, 3.05) is 13.6 Å². The monoisotopic (exact) mass is 281 g/mol. The molecule has 0 spiro atoms. The Balaban J connectivity index is 1.81. The van der Waals surface area contributed by atoms with Crippen LogP contribution >= 0.6 is 11.3 Å². The molecule has 0 aliphatic heterocycles. The molecular formula is C15H27N3S. The van der Waals surface area contributed by atoms with Gasteiger partial charge in [0, 0.05) is 24.4 Å². The highest BCUT2D eigenvalue weighted by molar-refractivity contribution is 7.09. The van der Waals surface area contributed by atoms with Gasteiger partial charge in [0.15, 0.2) is 0 Å². The van der Waals surface area contributed by atoms with Crippen LogP contribution in [-0.4, -0.2) is 29.5 Å². The minimum absolute atomic E-state index is 0.698. The summed E-state index contributed by atoms with van der Waals surface area (Å²) in [4.78, 5) is 7.16. The summed E-state index contributed by atoms with van der Waals surface area (Å²) in [5, 5.41) is 3.37. The van der Waals surface area contributed by atoms with Gasteiger partial charge in [0.2, 0.25) is 0 Å². The molecule has 1 saturated carbocycles. The lowest BCUT2D eigenvalue weighted by Crippen LogP contribution is -2.34. The molecule has 1 fully saturated rings. The highest BCUT2D eigenvalue weighted by Crippen LogP contribution is 2.29. The Morgan fingerprint density at radius 2 is 2.11 bits per heavy atom. The van der Waals surface area contributed by atoms with E-state index >= 15 is 0 Å². The quantitative estimate of drug-likeness (QED) is 0.871. The highest BCUT2D eigenvalue weighted by Gasteiger charge is 2.23. The Morgan fingerprint density at radius 3 is 2.74 bits per heavy atom. The molecule has 0 atom stereocenters. The fourth-order valence-electron chi connectivity index (χ4n) is 3.04. The zero-order chi connectivity index (χ0) is 13.7. The van der Waals surface area contributed by atoms with Crippen molar-refractivity contribution in [1.29, 1.82) is 0 Å². The summed E-state index contributed by atoms with van der Waals surface area (Å²) in [6, 6.07) is 0.752. The van der Waals surface area contributed by atoms with Crippen LogP contribution in [0.25, 0.3) is 0 Å². The third-order valence-corrected chi connectivity index (χ3v) is 5.34. The minimum atomic E-state index is 0.698.